The SMILES string of the molecule is C=C(C)[C@@]12CCC[C@@]3(C)C1CC[C@@]3(C)C2. The van der Waals surface area contributed by atoms with Gasteiger partial charge in [0, 0.05) is 0 Å². The number of hydrogen-bond acceptors (Lipinski definition) is 0. The first-order valence-electron chi connectivity index (χ1n) is 6.61. The average molecular weight is 204 g/mol. The zero-order valence-electron chi connectivity index (χ0n) is 10.5. The summed E-state index contributed by atoms with van der Waals surface area (Å²) >= 11 is 0. The van der Waals surface area contributed by atoms with Gasteiger partial charge >= 0.3 is 0 Å². The fraction of sp³-hybridized carbons (Fsp3) is 0.867. The molecule has 0 amide bonds. The van der Waals surface area contributed by atoms with Gasteiger partial charge in [0.15, 0.2) is 0 Å². The van der Waals surface area contributed by atoms with E-state index in [-0.39, 0.29) is 0 Å². The summed E-state index contributed by atoms with van der Waals surface area (Å²) in [6, 6.07) is 0. The average Bonchev–Trinajstić information content (AvgIpc) is 2.45. The highest BCUT2D eigenvalue weighted by molar-refractivity contribution is 5.27. The van der Waals surface area contributed by atoms with E-state index < -0.39 is 0 Å². The Balaban J connectivity index is 2.14. The van der Waals surface area contributed by atoms with Crippen LogP contribution in [0.15, 0.2) is 12.2 Å². The molecule has 3 aliphatic carbocycles. The molecule has 3 aliphatic rings. The van der Waals surface area contributed by atoms with E-state index in [1.54, 1.807) is 0 Å². The van der Waals surface area contributed by atoms with E-state index in [9.17, 15) is 0 Å². The van der Waals surface area contributed by atoms with Crippen LogP contribution in [0, 0.1) is 22.2 Å². The maximum atomic E-state index is 4.33. The first-order chi connectivity index (χ1) is 6.95. The van der Waals surface area contributed by atoms with E-state index in [2.05, 4.69) is 27.4 Å². The molecule has 0 aromatic heterocycles. The first-order valence-corrected chi connectivity index (χ1v) is 6.61. The molecule has 0 saturated heterocycles. The van der Waals surface area contributed by atoms with E-state index >= 15 is 0 Å². The lowest BCUT2D eigenvalue weighted by Crippen LogP contribution is -2.37. The molecule has 0 nitrogen and oxygen atoms in total. The van der Waals surface area contributed by atoms with Crippen LogP contribution in [0.1, 0.15) is 59.3 Å². The fourth-order valence-corrected chi connectivity index (χ4v) is 5.65. The second-order valence-corrected chi connectivity index (χ2v) is 7.04. The Morgan fingerprint density at radius 1 is 1.20 bits per heavy atom. The van der Waals surface area contributed by atoms with Crippen molar-refractivity contribution in [3.05, 3.63) is 12.2 Å². The Kier molecular flexibility index (Phi) is 1.67. The van der Waals surface area contributed by atoms with Crippen molar-refractivity contribution >= 4 is 0 Å². The van der Waals surface area contributed by atoms with Crippen LogP contribution in [0.3, 0.4) is 0 Å². The summed E-state index contributed by atoms with van der Waals surface area (Å²) in [7, 11) is 0. The predicted octanol–water partition coefficient (Wildman–Crippen LogP) is 4.56. The van der Waals surface area contributed by atoms with Crippen LogP contribution in [0.4, 0.5) is 0 Å². The Bertz CT molecular complexity index is 329. The van der Waals surface area contributed by atoms with Gasteiger partial charge in [-0.3, -0.25) is 0 Å². The Hall–Kier alpha value is -0.260. The lowest BCUT2D eigenvalue weighted by Gasteiger charge is -2.45. The topological polar surface area (TPSA) is 0 Å². The molecule has 1 unspecified atom stereocenters. The van der Waals surface area contributed by atoms with Crippen molar-refractivity contribution in [1.82, 2.24) is 0 Å². The standard InChI is InChI=1S/C15H24/c1-11(2)15-8-5-7-14(4)12(15)6-9-13(14,3)10-15/h12H,1,5-10H2,2-4H3/t12?,13-,14-,15-/m0/s1. The van der Waals surface area contributed by atoms with Crippen molar-refractivity contribution < 1.29 is 0 Å². The summed E-state index contributed by atoms with van der Waals surface area (Å²) in [6.07, 6.45) is 8.73. The molecule has 3 rings (SSSR count). The zero-order chi connectivity index (χ0) is 10.9. The molecule has 0 spiro atoms. The third kappa shape index (κ3) is 0.867. The fourth-order valence-electron chi connectivity index (χ4n) is 5.65. The molecule has 3 saturated carbocycles. The lowest BCUT2D eigenvalue weighted by atomic mass is 9.59. The Morgan fingerprint density at radius 3 is 2.53 bits per heavy atom. The molecule has 84 valence electrons. The van der Waals surface area contributed by atoms with Gasteiger partial charge in [0.25, 0.3) is 0 Å². The summed E-state index contributed by atoms with van der Waals surface area (Å²) in [5.41, 5.74) is 3.30. The summed E-state index contributed by atoms with van der Waals surface area (Å²) in [6.45, 7) is 11.8. The van der Waals surface area contributed by atoms with Gasteiger partial charge in [-0.1, -0.05) is 32.4 Å². The summed E-state index contributed by atoms with van der Waals surface area (Å²) in [5.74, 6) is 0.959. The highest BCUT2D eigenvalue weighted by Gasteiger charge is 2.69. The van der Waals surface area contributed by atoms with Crippen molar-refractivity contribution in [3.8, 4) is 0 Å². The summed E-state index contributed by atoms with van der Waals surface area (Å²) < 4.78 is 0. The second-order valence-electron chi connectivity index (χ2n) is 7.04. The van der Waals surface area contributed by atoms with E-state index in [1.165, 1.54) is 44.1 Å². The molecule has 0 aromatic rings. The number of allylic oxidation sites excluding steroid dienone is 1. The van der Waals surface area contributed by atoms with Gasteiger partial charge in [0.05, 0.1) is 0 Å². The molecule has 0 radical (unpaired) electrons. The maximum Gasteiger partial charge on any atom is -0.00545 e. The molecule has 15 heavy (non-hydrogen) atoms. The third-order valence-corrected chi connectivity index (χ3v) is 6.67. The largest absolute Gasteiger partial charge is 0.0996 e. The van der Waals surface area contributed by atoms with Crippen LogP contribution in [-0.2, 0) is 0 Å². The Labute approximate surface area is 94.1 Å². The van der Waals surface area contributed by atoms with Gasteiger partial charge < -0.3 is 0 Å². The first kappa shape index (κ1) is 9.93. The van der Waals surface area contributed by atoms with Crippen LogP contribution < -0.4 is 0 Å². The van der Waals surface area contributed by atoms with Crippen LogP contribution in [-0.4, -0.2) is 0 Å². The molecule has 0 aromatic carbocycles. The van der Waals surface area contributed by atoms with Gasteiger partial charge in [-0.05, 0) is 61.2 Å². The highest BCUT2D eigenvalue weighted by Crippen LogP contribution is 2.78. The minimum absolute atomic E-state index is 0.542. The molecule has 0 heteroatoms. The number of rotatable bonds is 1. The van der Waals surface area contributed by atoms with Crippen molar-refractivity contribution in [1.29, 1.82) is 0 Å². The van der Waals surface area contributed by atoms with Crippen molar-refractivity contribution in [2.24, 2.45) is 22.2 Å². The van der Waals surface area contributed by atoms with Gasteiger partial charge in [-0.25, -0.2) is 0 Å². The normalized spacial score (nSPS) is 57.1. The molecule has 4 bridgehead atoms. The molecule has 4 atom stereocenters. The monoisotopic (exact) mass is 204 g/mol. The van der Waals surface area contributed by atoms with Gasteiger partial charge in [-0.2, -0.15) is 0 Å². The third-order valence-electron chi connectivity index (χ3n) is 6.67. The van der Waals surface area contributed by atoms with Crippen LogP contribution in [0.2, 0.25) is 0 Å². The molecular weight excluding hydrogens is 180 g/mol. The van der Waals surface area contributed by atoms with E-state index in [4.69, 9.17) is 0 Å². The molecule has 0 aliphatic heterocycles. The summed E-state index contributed by atoms with van der Waals surface area (Å²) in [5, 5.41) is 0. The molecule has 0 heterocycles. The predicted molar refractivity (Wildman–Crippen MR) is 64.7 cm³/mol. The molecular formula is C15H24. The van der Waals surface area contributed by atoms with Gasteiger partial charge in [0.1, 0.15) is 0 Å². The summed E-state index contributed by atoms with van der Waals surface area (Å²) in [4.78, 5) is 0. The molecule has 0 N–H and O–H groups in total. The van der Waals surface area contributed by atoms with Crippen LogP contribution in [0.5, 0.6) is 0 Å². The quantitative estimate of drug-likeness (QED) is 0.549. The van der Waals surface area contributed by atoms with Gasteiger partial charge in [0.2, 0.25) is 0 Å². The van der Waals surface area contributed by atoms with Crippen molar-refractivity contribution in [2.75, 3.05) is 0 Å². The van der Waals surface area contributed by atoms with Gasteiger partial charge in [-0.15, -0.1) is 0 Å². The lowest BCUT2D eigenvalue weighted by molar-refractivity contribution is 0.0726. The minimum Gasteiger partial charge on any atom is -0.0996 e. The molecule has 3 fully saturated rings. The maximum absolute atomic E-state index is 4.33. The van der Waals surface area contributed by atoms with E-state index in [1.807, 2.05) is 0 Å². The zero-order valence-corrected chi connectivity index (χ0v) is 10.5. The second kappa shape index (κ2) is 2.52. The van der Waals surface area contributed by atoms with Crippen molar-refractivity contribution in [2.45, 2.75) is 59.3 Å². The van der Waals surface area contributed by atoms with Crippen LogP contribution >= 0.6 is 0 Å². The minimum atomic E-state index is 0.542. The van der Waals surface area contributed by atoms with E-state index in [0.717, 1.165) is 5.92 Å². The van der Waals surface area contributed by atoms with E-state index in [0.29, 0.717) is 16.2 Å². The smallest absolute Gasteiger partial charge is 0.00545 e. The van der Waals surface area contributed by atoms with Crippen molar-refractivity contribution in [3.63, 3.8) is 0 Å². The van der Waals surface area contributed by atoms with Crippen LogP contribution in [0.25, 0.3) is 0 Å². The highest BCUT2D eigenvalue weighted by atomic mass is 14.7. The Morgan fingerprint density at radius 2 is 1.93 bits per heavy atom. The number of hydrogen-bond donors (Lipinski definition) is 0.